The van der Waals surface area contributed by atoms with Gasteiger partial charge in [-0.2, -0.15) is 5.26 Å². The first-order chi connectivity index (χ1) is 9.29. The van der Waals surface area contributed by atoms with Crippen LogP contribution in [-0.2, 0) is 0 Å². The second-order valence-electron chi connectivity index (χ2n) is 4.97. The van der Waals surface area contributed by atoms with Gasteiger partial charge < -0.3 is 19.7 Å². The topological polar surface area (TPSA) is 57.5 Å². The van der Waals surface area contributed by atoms with Crippen LogP contribution in [0.1, 0.15) is 13.3 Å². The lowest BCUT2D eigenvalue weighted by molar-refractivity contribution is 0.174. The zero-order valence-corrected chi connectivity index (χ0v) is 10.9. The zero-order chi connectivity index (χ0) is 13.2. The van der Waals surface area contributed by atoms with Crippen molar-refractivity contribution in [3.8, 4) is 17.6 Å². The van der Waals surface area contributed by atoms with Crippen LogP contribution in [0, 0.1) is 11.3 Å². The number of hydrogen-bond donors (Lipinski definition) is 1. The predicted molar refractivity (Wildman–Crippen MR) is 71.4 cm³/mol. The van der Waals surface area contributed by atoms with Crippen molar-refractivity contribution in [2.24, 2.45) is 0 Å². The Balaban J connectivity index is 1.91. The van der Waals surface area contributed by atoms with Gasteiger partial charge in [0, 0.05) is 30.9 Å². The third kappa shape index (κ3) is 2.20. The van der Waals surface area contributed by atoms with Crippen molar-refractivity contribution < 1.29 is 9.47 Å². The van der Waals surface area contributed by atoms with E-state index in [1.165, 1.54) is 0 Å². The lowest BCUT2D eigenvalue weighted by Gasteiger charge is -2.42. The summed E-state index contributed by atoms with van der Waals surface area (Å²) < 4.78 is 10.8. The Labute approximate surface area is 112 Å². The molecule has 5 heteroatoms. The van der Waals surface area contributed by atoms with Gasteiger partial charge in [0.15, 0.2) is 11.5 Å². The molecule has 1 saturated heterocycles. The largest absolute Gasteiger partial charge is 0.454 e. The number of fused-ring (bicyclic) bond motifs is 1. The molecule has 2 heterocycles. The number of nitrogens with one attached hydrogen (secondary N) is 1. The standard InChI is InChI=1S/C14H17N3O2/c1-10-7-16-8-12(4-5-15)17(10)11-2-3-13-14(6-11)19-9-18-13/h2-3,6,10,12,16H,4,7-9H2,1H3. The molecule has 100 valence electrons. The van der Waals surface area contributed by atoms with Crippen molar-refractivity contribution in [3.05, 3.63) is 18.2 Å². The molecule has 2 atom stereocenters. The minimum Gasteiger partial charge on any atom is -0.454 e. The maximum atomic E-state index is 8.98. The molecule has 0 radical (unpaired) electrons. The minimum atomic E-state index is 0.203. The molecule has 5 nitrogen and oxygen atoms in total. The Morgan fingerprint density at radius 3 is 3.05 bits per heavy atom. The van der Waals surface area contributed by atoms with Crippen LogP contribution in [0.3, 0.4) is 0 Å². The fourth-order valence-corrected chi connectivity index (χ4v) is 2.80. The molecule has 3 rings (SSSR count). The van der Waals surface area contributed by atoms with Gasteiger partial charge in [-0.15, -0.1) is 0 Å². The Kier molecular flexibility index (Phi) is 3.18. The maximum Gasteiger partial charge on any atom is 0.231 e. The molecule has 0 aromatic heterocycles. The molecule has 0 spiro atoms. The third-order valence-electron chi connectivity index (χ3n) is 3.67. The highest BCUT2D eigenvalue weighted by Gasteiger charge is 2.28. The van der Waals surface area contributed by atoms with Crippen LogP contribution >= 0.6 is 0 Å². The number of anilines is 1. The highest BCUT2D eigenvalue weighted by molar-refractivity contribution is 5.58. The molecule has 1 aromatic carbocycles. The first-order valence-electron chi connectivity index (χ1n) is 6.55. The van der Waals surface area contributed by atoms with E-state index in [4.69, 9.17) is 14.7 Å². The van der Waals surface area contributed by atoms with Crippen molar-refractivity contribution >= 4 is 5.69 Å². The molecule has 2 aliphatic heterocycles. The molecule has 1 aromatic rings. The molecule has 0 aliphatic carbocycles. The molecule has 2 unspecified atom stereocenters. The summed E-state index contributed by atoms with van der Waals surface area (Å²) in [4.78, 5) is 2.31. The van der Waals surface area contributed by atoms with Crippen LogP contribution < -0.4 is 19.7 Å². The predicted octanol–water partition coefficient (Wildman–Crippen LogP) is 1.50. The Morgan fingerprint density at radius 2 is 2.21 bits per heavy atom. The monoisotopic (exact) mass is 259 g/mol. The fraction of sp³-hybridized carbons (Fsp3) is 0.500. The molecule has 19 heavy (non-hydrogen) atoms. The van der Waals surface area contributed by atoms with Gasteiger partial charge in [-0.05, 0) is 19.1 Å². The highest BCUT2D eigenvalue weighted by atomic mass is 16.7. The van der Waals surface area contributed by atoms with Gasteiger partial charge in [0.25, 0.3) is 0 Å². The summed E-state index contributed by atoms with van der Waals surface area (Å²) in [5.41, 5.74) is 1.10. The minimum absolute atomic E-state index is 0.203. The zero-order valence-electron chi connectivity index (χ0n) is 10.9. The molecular weight excluding hydrogens is 242 g/mol. The second kappa shape index (κ2) is 4.98. The van der Waals surface area contributed by atoms with Crippen LogP contribution in [0.4, 0.5) is 5.69 Å². The van der Waals surface area contributed by atoms with Crippen LogP contribution in [0.2, 0.25) is 0 Å². The molecular formula is C14H17N3O2. The van der Waals surface area contributed by atoms with E-state index in [1.54, 1.807) is 0 Å². The van der Waals surface area contributed by atoms with Gasteiger partial charge in [0.05, 0.1) is 18.5 Å². The van der Waals surface area contributed by atoms with E-state index in [1.807, 2.05) is 18.2 Å². The van der Waals surface area contributed by atoms with Crippen molar-refractivity contribution in [1.29, 1.82) is 5.26 Å². The molecule has 0 saturated carbocycles. The number of rotatable bonds is 2. The van der Waals surface area contributed by atoms with Gasteiger partial charge >= 0.3 is 0 Å². The highest BCUT2D eigenvalue weighted by Crippen LogP contribution is 2.37. The third-order valence-corrected chi connectivity index (χ3v) is 3.67. The lowest BCUT2D eigenvalue weighted by atomic mass is 10.0. The summed E-state index contributed by atoms with van der Waals surface area (Å²) in [6.45, 7) is 4.22. The molecule has 0 bridgehead atoms. The van der Waals surface area contributed by atoms with E-state index in [-0.39, 0.29) is 12.8 Å². The van der Waals surface area contributed by atoms with Crippen LogP contribution in [0.15, 0.2) is 18.2 Å². The fourth-order valence-electron chi connectivity index (χ4n) is 2.80. The maximum absolute atomic E-state index is 8.98. The number of piperazine rings is 1. The smallest absolute Gasteiger partial charge is 0.231 e. The number of ether oxygens (including phenoxy) is 2. The van der Waals surface area contributed by atoms with E-state index in [0.29, 0.717) is 12.5 Å². The summed E-state index contributed by atoms with van der Waals surface area (Å²) in [7, 11) is 0. The number of nitrogens with zero attached hydrogens (tertiary/aromatic N) is 2. The van der Waals surface area contributed by atoms with Crippen molar-refractivity contribution in [2.75, 3.05) is 24.8 Å². The van der Waals surface area contributed by atoms with Gasteiger partial charge in [0.1, 0.15) is 0 Å². The normalized spacial score (nSPS) is 25.2. The number of hydrogen-bond acceptors (Lipinski definition) is 5. The summed E-state index contributed by atoms with van der Waals surface area (Å²) in [6.07, 6.45) is 0.520. The molecule has 1 N–H and O–H groups in total. The summed E-state index contributed by atoms with van der Waals surface area (Å²) >= 11 is 0. The SMILES string of the molecule is CC1CNCC(CC#N)N1c1ccc2c(c1)OCO2. The van der Waals surface area contributed by atoms with E-state index in [2.05, 4.69) is 23.2 Å². The van der Waals surface area contributed by atoms with Gasteiger partial charge in [0.2, 0.25) is 6.79 Å². The van der Waals surface area contributed by atoms with Crippen molar-refractivity contribution in [3.63, 3.8) is 0 Å². The quantitative estimate of drug-likeness (QED) is 0.872. The summed E-state index contributed by atoms with van der Waals surface area (Å²) in [5.74, 6) is 1.59. The summed E-state index contributed by atoms with van der Waals surface area (Å²) in [5, 5.41) is 12.3. The van der Waals surface area contributed by atoms with Crippen LogP contribution in [0.25, 0.3) is 0 Å². The Morgan fingerprint density at radius 1 is 1.37 bits per heavy atom. The molecule has 2 aliphatic rings. The first-order valence-corrected chi connectivity index (χ1v) is 6.55. The van der Waals surface area contributed by atoms with Gasteiger partial charge in [-0.3, -0.25) is 0 Å². The average molecular weight is 259 g/mol. The van der Waals surface area contributed by atoms with Crippen LogP contribution in [-0.4, -0.2) is 32.0 Å². The first kappa shape index (κ1) is 12.1. The van der Waals surface area contributed by atoms with Gasteiger partial charge in [-0.25, -0.2) is 0 Å². The van der Waals surface area contributed by atoms with E-state index in [0.717, 1.165) is 30.3 Å². The lowest BCUT2D eigenvalue weighted by Crippen LogP contribution is -2.56. The van der Waals surface area contributed by atoms with Gasteiger partial charge in [-0.1, -0.05) is 0 Å². The van der Waals surface area contributed by atoms with Crippen molar-refractivity contribution in [2.45, 2.75) is 25.4 Å². The Bertz CT molecular complexity index is 512. The van der Waals surface area contributed by atoms with Crippen molar-refractivity contribution in [1.82, 2.24) is 5.32 Å². The summed E-state index contributed by atoms with van der Waals surface area (Å²) in [6, 6.07) is 8.82. The van der Waals surface area contributed by atoms with E-state index < -0.39 is 0 Å². The van der Waals surface area contributed by atoms with E-state index in [9.17, 15) is 0 Å². The Hall–Kier alpha value is -1.93. The molecule has 1 fully saturated rings. The average Bonchev–Trinajstić information content (AvgIpc) is 2.86. The number of benzene rings is 1. The molecule has 0 amide bonds. The second-order valence-corrected chi connectivity index (χ2v) is 4.97. The number of nitriles is 1. The van der Waals surface area contributed by atoms with Crippen LogP contribution in [0.5, 0.6) is 11.5 Å². The van der Waals surface area contributed by atoms with E-state index >= 15 is 0 Å².